The molecule has 0 saturated carbocycles. The molecule has 0 bridgehead atoms. The van der Waals surface area contributed by atoms with Gasteiger partial charge in [0.1, 0.15) is 0 Å². The lowest BCUT2D eigenvalue weighted by Gasteiger charge is -2.30. The summed E-state index contributed by atoms with van der Waals surface area (Å²) in [5.74, 6) is -0.702. The smallest absolute Gasteiger partial charge is 0.275 e. The Bertz CT molecular complexity index is 1180. The molecule has 1 heterocycles. The molecule has 1 saturated heterocycles. The fraction of sp³-hybridized carbons (Fsp3) is 0.222. The van der Waals surface area contributed by atoms with E-state index in [2.05, 4.69) is 17.5 Å². The number of quaternary nitrogens is 1. The van der Waals surface area contributed by atoms with Crippen LogP contribution < -0.4 is 10.2 Å². The Morgan fingerprint density at radius 1 is 0.914 bits per heavy atom. The van der Waals surface area contributed by atoms with E-state index in [0.29, 0.717) is 22.3 Å². The molecule has 8 heteroatoms. The molecule has 2 aromatic rings. The van der Waals surface area contributed by atoms with Crippen LogP contribution in [0.4, 0.5) is 0 Å². The van der Waals surface area contributed by atoms with Crippen molar-refractivity contribution in [3.05, 3.63) is 81.9 Å². The first kappa shape index (κ1) is 25.1. The van der Waals surface area contributed by atoms with Crippen LogP contribution in [0.5, 0.6) is 0 Å². The van der Waals surface area contributed by atoms with Crippen LogP contribution >= 0.6 is 0 Å². The van der Waals surface area contributed by atoms with Crippen LogP contribution in [0.3, 0.4) is 0 Å². The SMILES string of the molecule is C[NH+](C)CC(=O)NCC(=O)N1C/C(=C\c2ccc(C#N)cc2)C(=O)/C(=C/c2ccc(C#N)cc2)C1. The third-order valence-electron chi connectivity index (χ3n) is 5.37. The second kappa shape index (κ2) is 11.6. The molecule has 0 spiro atoms. The van der Waals surface area contributed by atoms with Gasteiger partial charge in [-0.05, 0) is 47.5 Å². The summed E-state index contributed by atoms with van der Waals surface area (Å²) >= 11 is 0. The third kappa shape index (κ3) is 6.97. The molecule has 0 aliphatic carbocycles. The lowest BCUT2D eigenvalue weighted by atomic mass is 9.94. The van der Waals surface area contributed by atoms with Gasteiger partial charge in [-0.3, -0.25) is 14.4 Å². The number of Topliss-reactive ketones (excluding diaryl/α,β-unsaturated/α-hetero) is 1. The predicted molar refractivity (Wildman–Crippen MR) is 131 cm³/mol. The van der Waals surface area contributed by atoms with Gasteiger partial charge in [0.2, 0.25) is 5.91 Å². The molecule has 2 aromatic carbocycles. The van der Waals surface area contributed by atoms with Crippen molar-refractivity contribution in [2.75, 3.05) is 40.3 Å². The molecule has 1 aliphatic rings. The molecular formula is C27H26N5O3+. The lowest BCUT2D eigenvalue weighted by Crippen LogP contribution is -3.07. The fourth-order valence-corrected chi connectivity index (χ4v) is 3.60. The first-order valence-corrected chi connectivity index (χ1v) is 11.1. The average molecular weight is 469 g/mol. The van der Waals surface area contributed by atoms with Gasteiger partial charge in [0.15, 0.2) is 12.3 Å². The average Bonchev–Trinajstić information content (AvgIpc) is 2.85. The molecule has 8 nitrogen and oxygen atoms in total. The molecule has 0 aromatic heterocycles. The van der Waals surface area contributed by atoms with Crippen molar-refractivity contribution >= 4 is 29.7 Å². The van der Waals surface area contributed by atoms with E-state index in [1.807, 2.05) is 14.1 Å². The van der Waals surface area contributed by atoms with Crippen LogP contribution in [0.25, 0.3) is 12.2 Å². The standard InChI is InChI=1S/C27H25N5O3/c1-31(2)18-25(33)30-15-26(34)32-16-23(11-19-3-7-21(13-28)8-4-19)27(35)24(17-32)12-20-5-9-22(14-29)10-6-20/h3-12H,15-18H2,1-2H3,(H,30,33)/p+1/b23-11+,24-12+. The van der Waals surface area contributed by atoms with E-state index in [1.54, 1.807) is 60.7 Å². The zero-order valence-electron chi connectivity index (χ0n) is 19.7. The van der Waals surface area contributed by atoms with Crippen molar-refractivity contribution in [2.24, 2.45) is 0 Å². The second-order valence-electron chi connectivity index (χ2n) is 8.55. The maximum absolute atomic E-state index is 13.3. The number of amides is 2. The molecule has 35 heavy (non-hydrogen) atoms. The number of hydrogen-bond donors (Lipinski definition) is 2. The maximum Gasteiger partial charge on any atom is 0.275 e. The highest BCUT2D eigenvalue weighted by atomic mass is 16.2. The molecule has 2 N–H and O–H groups in total. The van der Waals surface area contributed by atoms with E-state index < -0.39 is 0 Å². The fourth-order valence-electron chi connectivity index (χ4n) is 3.60. The summed E-state index contributed by atoms with van der Waals surface area (Å²) in [4.78, 5) is 40.7. The Morgan fingerprint density at radius 2 is 1.37 bits per heavy atom. The zero-order chi connectivity index (χ0) is 25.4. The minimum atomic E-state index is -0.295. The van der Waals surface area contributed by atoms with Gasteiger partial charge in [0.25, 0.3) is 5.91 Å². The summed E-state index contributed by atoms with van der Waals surface area (Å²) < 4.78 is 0. The lowest BCUT2D eigenvalue weighted by molar-refractivity contribution is -0.849. The summed E-state index contributed by atoms with van der Waals surface area (Å²) in [7, 11) is 3.69. The van der Waals surface area contributed by atoms with E-state index in [4.69, 9.17) is 10.5 Å². The van der Waals surface area contributed by atoms with Crippen LogP contribution in [0.15, 0.2) is 59.7 Å². The first-order valence-electron chi connectivity index (χ1n) is 11.1. The highest BCUT2D eigenvalue weighted by molar-refractivity contribution is 6.15. The van der Waals surface area contributed by atoms with Gasteiger partial charge in [0.05, 0.1) is 43.9 Å². The first-order chi connectivity index (χ1) is 16.8. The van der Waals surface area contributed by atoms with Gasteiger partial charge in [-0.2, -0.15) is 10.5 Å². The molecule has 176 valence electrons. The zero-order valence-corrected chi connectivity index (χ0v) is 19.7. The highest BCUT2D eigenvalue weighted by Gasteiger charge is 2.29. The van der Waals surface area contributed by atoms with E-state index in [9.17, 15) is 14.4 Å². The molecule has 1 aliphatic heterocycles. The molecule has 1 fully saturated rings. The van der Waals surface area contributed by atoms with E-state index in [0.717, 1.165) is 16.0 Å². The second-order valence-corrected chi connectivity index (χ2v) is 8.55. The third-order valence-corrected chi connectivity index (χ3v) is 5.37. The van der Waals surface area contributed by atoms with Crippen LogP contribution in [0.2, 0.25) is 0 Å². The van der Waals surface area contributed by atoms with Crippen LogP contribution in [-0.2, 0) is 14.4 Å². The van der Waals surface area contributed by atoms with Crippen molar-refractivity contribution in [1.82, 2.24) is 10.2 Å². The Labute approximate surface area is 204 Å². The number of nitrogens with one attached hydrogen (secondary N) is 2. The number of nitriles is 2. The molecule has 0 unspecified atom stereocenters. The summed E-state index contributed by atoms with van der Waals surface area (Å²) in [5, 5.41) is 20.7. The van der Waals surface area contributed by atoms with Gasteiger partial charge in [0, 0.05) is 24.2 Å². The number of likely N-dealkylation sites (tertiary alicyclic amines) is 1. The van der Waals surface area contributed by atoms with E-state index >= 15 is 0 Å². The predicted octanol–water partition coefficient (Wildman–Crippen LogP) is 0.569. The molecule has 0 radical (unpaired) electrons. The number of benzene rings is 2. The minimum Gasteiger partial charge on any atom is -0.342 e. The topological polar surface area (TPSA) is 118 Å². The summed E-state index contributed by atoms with van der Waals surface area (Å²) in [6.45, 7) is 0.308. The number of hydrogen-bond acceptors (Lipinski definition) is 5. The Balaban J connectivity index is 1.88. The highest BCUT2D eigenvalue weighted by Crippen LogP contribution is 2.22. The number of carbonyl (C=O) groups excluding carboxylic acids is 3. The minimum absolute atomic E-state index is 0.108. The van der Waals surface area contributed by atoms with E-state index in [-0.39, 0.29) is 43.8 Å². The van der Waals surface area contributed by atoms with Crippen LogP contribution in [0, 0.1) is 22.7 Å². The summed E-state index contributed by atoms with van der Waals surface area (Å²) in [6, 6.07) is 17.8. The molecule has 0 atom stereocenters. The van der Waals surface area contributed by atoms with Crippen LogP contribution in [0.1, 0.15) is 22.3 Å². The number of likely N-dealkylation sites (N-methyl/N-ethyl adjacent to an activating group) is 1. The van der Waals surface area contributed by atoms with Gasteiger partial charge in [-0.15, -0.1) is 0 Å². The molecule has 3 rings (SSSR count). The van der Waals surface area contributed by atoms with Crippen molar-refractivity contribution in [2.45, 2.75) is 0 Å². The van der Waals surface area contributed by atoms with Gasteiger partial charge in [-0.1, -0.05) is 24.3 Å². The summed E-state index contributed by atoms with van der Waals surface area (Å²) in [6.07, 6.45) is 3.42. The number of carbonyl (C=O) groups is 3. The van der Waals surface area contributed by atoms with Crippen molar-refractivity contribution in [3.8, 4) is 12.1 Å². The number of nitrogens with zero attached hydrogens (tertiary/aromatic N) is 3. The number of rotatable bonds is 6. The van der Waals surface area contributed by atoms with E-state index in [1.165, 1.54) is 4.90 Å². The van der Waals surface area contributed by atoms with Crippen molar-refractivity contribution in [3.63, 3.8) is 0 Å². The Kier molecular flexibility index (Phi) is 8.29. The largest absolute Gasteiger partial charge is 0.342 e. The Hall–Kier alpha value is -4.53. The van der Waals surface area contributed by atoms with Crippen molar-refractivity contribution < 1.29 is 19.3 Å². The molecular weight excluding hydrogens is 442 g/mol. The van der Waals surface area contributed by atoms with Gasteiger partial charge >= 0.3 is 0 Å². The van der Waals surface area contributed by atoms with Gasteiger partial charge in [-0.25, -0.2) is 0 Å². The quantitative estimate of drug-likeness (QED) is 0.601. The molecule has 2 amide bonds. The number of ketones is 1. The van der Waals surface area contributed by atoms with Gasteiger partial charge < -0.3 is 15.1 Å². The van der Waals surface area contributed by atoms with Crippen molar-refractivity contribution in [1.29, 1.82) is 10.5 Å². The maximum atomic E-state index is 13.3. The summed E-state index contributed by atoms with van der Waals surface area (Å²) in [5.41, 5.74) is 3.35. The monoisotopic (exact) mass is 468 g/mol. The Morgan fingerprint density at radius 3 is 1.77 bits per heavy atom. The number of piperidine rings is 1. The van der Waals surface area contributed by atoms with Crippen LogP contribution in [-0.4, -0.2) is 62.8 Å². The normalized spacial score (nSPS) is 15.7.